The SMILES string of the molecule is CN=C(NCCSc1ccc(F)cc1)N1CCC(NC(=O)OC(C)(C)C)C1. The molecule has 2 rings (SSSR count). The van der Waals surface area contributed by atoms with E-state index < -0.39 is 5.60 Å². The lowest BCUT2D eigenvalue weighted by Gasteiger charge is -2.23. The normalized spacial score (nSPS) is 17.7. The van der Waals surface area contributed by atoms with Crippen LogP contribution in [-0.2, 0) is 4.74 Å². The van der Waals surface area contributed by atoms with Gasteiger partial charge in [0.25, 0.3) is 0 Å². The van der Waals surface area contributed by atoms with Gasteiger partial charge in [-0.2, -0.15) is 0 Å². The average molecular weight is 397 g/mol. The maximum Gasteiger partial charge on any atom is 0.407 e. The smallest absolute Gasteiger partial charge is 0.407 e. The van der Waals surface area contributed by atoms with Gasteiger partial charge >= 0.3 is 6.09 Å². The molecule has 1 unspecified atom stereocenters. The second-order valence-electron chi connectivity index (χ2n) is 7.35. The summed E-state index contributed by atoms with van der Waals surface area (Å²) < 4.78 is 18.2. The predicted molar refractivity (Wildman–Crippen MR) is 108 cm³/mol. The molecule has 1 atom stereocenters. The van der Waals surface area contributed by atoms with E-state index in [0.717, 1.165) is 36.1 Å². The third-order valence-corrected chi connectivity index (χ3v) is 4.90. The van der Waals surface area contributed by atoms with E-state index in [-0.39, 0.29) is 18.0 Å². The lowest BCUT2D eigenvalue weighted by molar-refractivity contribution is 0.0507. The summed E-state index contributed by atoms with van der Waals surface area (Å²) in [4.78, 5) is 19.4. The Morgan fingerprint density at radius 1 is 1.37 bits per heavy atom. The molecule has 0 radical (unpaired) electrons. The zero-order valence-corrected chi connectivity index (χ0v) is 17.2. The topological polar surface area (TPSA) is 66.0 Å². The second-order valence-corrected chi connectivity index (χ2v) is 8.52. The van der Waals surface area contributed by atoms with Crippen molar-refractivity contribution < 1.29 is 13.9 Å². The van der Waals surface area contributed by atoms with Gasteiger partial charge in [0.1, 0.15) is 11.4 Å². The molecule has 1 saturated heterocycles. The lowest BCUT2D eigenvalue weighted by atomic mass is 10.2. The van der Waals surface area contributed by atoms with Crippen molar-refractivity contribution in [3.05, 3.63) is 30.1 Å². The first-order valence-electron chi connectivity index (χ1n) is 9.10. The van der Waals surface area contributed by atoms with Crippen LogP contribution in [0.4, 0.5) is 9.18 Å². The van der Waals surface area contributed by atoms with Gasteiger partial charge < -0.3 is 20.3 Å². The fourth-order valence-corrected chi connectivity index (χ4v) is 3.51. The minimum absolute atomic E-state index is 0.0481. The number of guanidine groups is 1. The van der Waals surface area contributed by atoms with E-state index in [2.05, 4.69) is 20.5 Å². The zero-order valence-electron chi connectivity index (χ0n) is 16.4. The average Bonchev–Trinajstić information content (AvgIpc) is 3.03. The molecule has 2 N–H and O–H groups in total. The molecule has 150 valence electrons. The summed E-state index contributed by atoms with van der Waals surface area (Å²) in [6, 6.07) is 6.55. The Morgan fingerprint density at radius 3 is 2.70 bits per heavy atom. The quantitative estimate of drug-likeness (QED) is 0.347. The van der Waals surface area contributed by atoms with Crippen LogP contribution in [0.2, 0.25) is 0 Å². The Hall–Kier alpha value is -1.96. The Balaban J connectivity index is 1.71. The molecule has 1 aromatic rings. The summed E-state index contributed by atoms with van der Waals surface area (Å²) in [6.07, 6.45) is 0.470. The largest absolute Gasteiger partial charge is 0.444 e. The Bertz CT molecular complexity index is 646. The number of rotatable bonds is 5. The summed E-state index contributed by atoms with van der Waals surface area (Å²) in [6.45, 7) is 7.82. The van der Waals surface area contributed by atoms with Crippen molar-refractivity contribution in [3.8, 4) is 0 Å². The van der Waals surface area contributed by atoms with Gasteiger partial charge in [0.05, 0.1) is 6.04 Å². The van der Waals surface area contributed by atoms with Crippen LogP contribution in [0.1, 0.15) is 27.2 Å². The maximum absolute atomic E-state index is 12.9. The van der Waals surface area contributed by atoms with E-state index in [4.69, 9.17) is 4.74 Å². The number of thioether (sulfide) groups is 1. The van der Waals surface area contributed by atoms with Crippen LogP contribution in [0, 0.1) is 5.82 Å². The number of likely N-dealkylation sites (tertiary alicyclic amines) is 1. The highest BCUT2D eigenvalue weighted by Crippen LogP contribution is 2.17. The summed E-state index contributed by atoms with van der Waals surface area (Å²) in [5.74, 6) is 1.45. The third-order valence-electron chi connectivity index (χ3n) is 3.89. The number of carbonyl (C=O) groups is 1. The molecule has 1 fully saturated rings. The first kappa shape index (κ1) is 21.3. The number of alkyl carbamates (subject to hydrolysis) is 1. The Labute approximate surface area is 164 Å². The lowest BCUT2D eigenvalue weighted by Crippen LogP contribution is -2.44. The van der Waals surface area contributed by atoms with Gasteiger partial charge in [0, 0.05) is 37.3 Å². The van der Waals surface area contributed by atoms with E-state index in [1.165, 1.54) is 12.1 Å². The number of hydrogen-bond acceptors (Lipinski definition) is 4. The summed E-state index contributed by atoms with van der Waals surface area (Å²) in [7, 11) is 1.75. The van der Waals surface area contributed by atoms with Crippen molar-refractivity contribution in [2.75, 3.05) is 32.4 Å². The summed E-state index contributed by atoms with van der Waals surface area (Å²) >= 11 is 1.66. The van der Waals surface area contributed by atoms with Gasteiger partial charge in [-0.1, -0.05) is 0 Å². The van der Waals surface area contributed by atoms with Crippen LogP contribution in [0.3, 0.4) is 0 Å². The Kier molecular flexibility index (Phi) is 7.77. The van der Waals surface area contributed by atoms with Crippen LogP contribution < -0.4 is 10.6 Å². The number of halogens is 1. The zero-order chi connectivity index (χ0) is 19.9. The van der Waals surface area contributed by atoms with Crippen LogP contribution in [-0.4, -0.2) is 61.0 Å². The fourth-order valence-electron chi connectivity index (χ4n) is 2.74. The van der Waals surface area contributed by atoms with Crippen molar-refractivity contribution in [1.29, 1.82) is 0 Å². The van der Waals surface area contributed by atoms with E-state index in [0.29, 0.717) is 6.54 Å². The maximum atomic E-state index is 12.9. The minimum atomic E-state index is -0.498. The first-order valence-corrected chi connectivity index (χ1v) is 10.1. The van der Waals surface area contributed by atoms with Gasteiger partial charge in [-0.25, -0.2) is 9.18 Å². The molecule has 1 aromatic carbocycles. The standard InChI is InChI=1S/C19H29FN4O2S/c1-19(2,3)26-18(25)23-15-9-11-24(13-15)17(21-4)22-10-12-27-16-7-5-14(20)6-8-16/h5-8,15H,9-13H2,1-4H3,(H,21,22)(H,23,25). The highest BCUT2D eigenvalue weighted by Gasteiger charge is 2.27. The highest BCUT2D eigenvalue weighted by molar-refractivity contribution is 7.99. The second kappa shape index (κ2) is 9.82. The van der Waals surface area contributed by atoms with Crippen molar-refractivity contribution in [2.24, 2.45) is 4.99 Å². The van der Waals surface area contributed by atoms with Crippen LogP contribution in [0.5, 0.6) is 0 Å². The number of nitrogens with one attached hydrogen (secondary N) is 2. The molecule has 6 nitrogen and oxygen atoms in total. The van der Waals surface area contributed by atoms with E-state index in [1.54, 1.807) is 30.9 Å². The molecular formula is C19H29FN4O2S. The number of amides is 1. The highest BCUT2D eigenvalue weighted by atomic mass is 32.2. The number of ether oxygens (including phenoxy) is 1. The monoisotopic (exact) mass is 396 g/mol. The molecule has 8 heteroatoms. The fraction of sp³-hybridized carbons (Fsp3) is 0.579. The van der Waals surface area contributed by atoms with Crippen LogP contribution in [0.15, 0.2) is 34.2 Å². The molecule has 0 aromatic heterocycles. The van der Waals surface area contributed by atoms with Crippen LogP contribution >= 0.6 is 11.8 Å². The van der Waals surface area contributed by atoms with Crippen molar-refractivity contribution >= 4 is 23.8 Å². The van der Waals surface area contributed by atoms with E-state index in [9.17, 15) is 9.18 Å². The molecule has 1 aliphatic heterocycles. The molecule has 1 aliphatic rings. The molecule has 27 heavy (non-hydrogen) atoms. The third kappa shape index (κ3) is 7.66. The van der Waals surface area contributed by atoms with Gasteiger partial charge in [-0.05, 0) is 51.5 Å². The first-order chi connectivity index (χ1) is 12.8. The molecular weight excluding hydrogens is 367 g/mol. The molecule has 0 bridgehead atoms. The van der Waals surface area contributed by atoms with Crippen molar-refractivity contribution in [1.82, 2.24) is 15.5 Å². The Morgan fingerprint density at radius 2 is 2.07 bits per heavy atom. The minimum Gasteiger partial charge on any atom is -0.444 e. The number of carbonyl (C=O) groups excluding carboxylic acids is 1. The van der Waals surface area contributed by atoms with Gasteiger partial charge in [-0.15, -0.1) is 11.8 Å². The number of aliphatic imine (C=N–C) groups is 1. The van der Waals surface area contributed by atoms with Crippen LogP contribution in [0.25, 0.3) is 0 Å². The number of benzene rings is 1. The van der Waals surface area contributed by atoms with Crippen molar-refractivity contribution in [2.45, 2.75) is 43.7 Å². The summed E-state index contributed by atoms with van der Waals surface area (Å²) in [5.41, 5.74) is -0.498. The van der Waals surface area contributed by atoms with Crippen molar-refractivity contribution in [3.63, 3.8) is 0 Å². The molecule has 0 spiro atoms. The molecule has 1 heterocycles. The predicted octanol–water partition coefficient (Wildman–Crippen LogP) is 3.09. The summed E-state index contributed by atoms with van der Waals surface area (Å²) in [5, 5.41) is 6.26. The molecule has 1 amide bonds. The molecule has 0 aliphatic carbocycles. The van der Waals surface area contributed by atoms with Gasteiger partial charge in [0.2, 0.25) is 0 Å². The van der Waals surface area contributed by atoms with Gasteiger partial charge in [-0.3, -0.25) is 4.99 Å². The van der Waals surface area contributed by atoms with Gasteiger partial charge in [0.15, 0.2) is 5.96 Å². The van der Waals surface area contributed by atoms with E-state index in [1.807, 2.05) is 20.8 Å². The van der Waals surface area contributed by atoms with E-state index >= 15 is 0 Å². The molecule has 0 saturated carbocycles. The number of hydrogen-bond donors (Lipinski definition) is 2. The number of nitrogens with zero attached hydrogens (tertiary/aromatic N) is 2.